The molecule has 1 atom stereocenters. The highest BCUT2D eigenvalue weighted by Gasteiger charge is 2.32. The first-order valence-corrected chi connectivity index (χ1v) is 7.49. The van der Waals surface area contributed by atoms with E-state index in [0.29, 0.717) is 11.4 Å². The fraction of sp³-hybridized carbons (Fsp3) is 0.375. The van der Waals surface area contributed by atoms with E-state index in [-0.39, 0.29) is 11.9 Å². The van der Waals surface area contributed by atoms with Gasteiger partial charge in [-0.15, -0.1) is 0 Å². The summed E-state index contributed by atoms with van der Waals surface area (Å²) in [5.74, 6) is 0.858. The third-order valence-corrected chi connectivity index (χ3v) is 4.22. The quantitative estimate of drug-likeness (QED) is 0.871. The summed E-state index contributed by atoms with van der Waals surface area (Å²) in [7, 11) is 0. The number of benzene rings is 1. The van der Waals surface area contributed by atoms with Gasteiger partial charge in [-0.2, -0.15) is 0 Å². The van der Waals surface area contributed by atoms with Gasteiger partial charge in [0.2, 0.25) is 5.91 Å². The second kappa shape index (κ2) is 5.90. The molecule has 3 rings (SSSR count). The Morgan fingerprint density at radius 3 is 3.00 bits per heavy atom. The van der Waals surface area contributed by atoms with Gasteiger partial charge >= 0.3 is 0 Å². The Morgan fingerprint density at radius 2 is 2.29 bits per heavy atom. The van der Waals surface area contributed by atoms with Gasteiger partial charge in [0, 0.05) is 17.6 Å². The van der Waals surface area contributed by atoms with Crippen LogP contribution in [0.3, 0.4) is 0 Å². The molecule has 4 nitrogen and oxygen atoms in total. The SMILES string of the molecule is Cc1cc(C2CCCN2C(=O)Cc2ccccc2Cl)on1. The maximum absolute atomic E-state index is 12.6. The third-order valence-electron chi connectivity index (χ3n) is 3.85. The van der Waals surface area contributed by atoms with Crippen LogP contribution < -0.4 is 0 Å². The summed E-state index contributed by atoms with van der Waals surface area (Å²) >= 11 is 6.13. The van der Waals surface area contributed by atoms with Crippen molar-refractivity contribution in [2.75, 3.05) is 6.54 Å². The van der Waals surface area contributed by atoms with Gasteiger partial charge in [0.25, 0.3) is 0 Å². The molecule has 1 fully saturated rings. The number of likely N-dealkylation sites (tertiary alicyclic amines) is 1. The van der Waals surface area contributed by atoms with E-state index in [2.05, 4.69) is 5.16 Å². The zero-order valence-electron chi connectivity index (χ0n) is 11.9. The van der Waals surface area contributed by atoms with E-state index in [1.54, 1.807) is 0 Å². The van der Waals surface area contributed by atoms with Gasteiger partial charge in [-0.1, -0.05) is 35.0 Å². The lowest BCUT2D eigenvalue weighted by molar-refractivity contribution is -0.131. The first kappa shape index (κ1) is 14.1. The van der Waals surface area contributed by atoms with E-state index < -0.39 is 0 Å². The fourth-order valence-electron chi connectivity index (χ4n) is 2.81. The molecule has 0 N–H and O–H groups in total. The molecular weight excluding hydrogens is 288 g/mol. The van der Waals surface area contributed by atoms with Gasteiger partial charge in [-0.3, -0.25) is 4.79 Å². The maximum Gasteiger partial charge on any atom is 0.227 e. The summed E-state index contributed by atoms with van der Waals surface area (Å²) < 4.78 is 5.33. The molecule has 0 spiro atoms. The van der Waals surface area contributed by atoms with Crippen molar-refractivity contribution >= 4 is 17.5 Å². The highest BCUT2D eigenvalue weighted by molar-refractivity contribution is 6.31. The number of hydrogen-bond donors (Lipinski definition) is 0. The molecule has 1 aliphatic heterocycles. The lowest BCUT2D eigenvalue weighted by atomic mass is 10.1. The van der Waals surface area contributed by atoms with E-state index in [0.717, 1.165) is 36.4 Å². The summed E-state index contributed by atoms with van der Waals surface area (Å²) in [5.41, 5.74) is 1.71. The second-order valence-electron chi connectivity index (χ2n) is 5.38. The van der Waals surface area contributed by atoms with Crippen molar-refractivity contribution < 1.29 is 9.32 Å². The Morgan fingerprint density at radius 1 is 1.48 bits per heavy atom. The zero-order chi connectivity index (χ0) is 14.8. The number of halogens is 1. The summed E-state index contributed by atoms with van der Waals surface area (Å²) in [6.07, 6.45) is 2.23. The average molecular weight is 305 g/mol. The van der Waals surface area contributed by atoms with Crippen molar-refractivity contribution in [1.82, 2.24) is 10.1 Å². The van der Waals surface area contributed by atoms with Crippen LogP contribution in [0.5, 0.6) is 0 Å². The summed E-state index contributed by atoms with van der Waals surface area (Å²) in [4.78, 5) is 14.4. The Kier molecular flexibility index (Phi) is 3.97. The van der Waals surface area contributed by atoms with Crippen molar-refractivity contribution in [3.63, 3.8) is 0 Å². The average Bonchev–Trinajstić information content (AvgIpc) is 3.09. The number of hydrogen-bond acceptors (Lipinski definition) is 3. The number of aryl methyl sites for hydroxylation is 1. The number of nitrogens with zero attached hydrogens (tertiary/aromatic N) is 2. The van der Waals surface area contributed by atoms with Gasteiger partial charge in [-0.05, 0) is 31.4 Å². The third kappa shape index (κ3) is 2.95. The molecule has 5 heteroatoms. The van der Waals surface area contributed by atoms with E-state index in [9.17, 15) is 4.79 Å². The molecule has 110 valence electrons. The van der Waals surface area contributed by atoms with Crippen molar-refractivity contribution in [2.45, 2.75) is 32.2 Å². The Labute approximate surface area is 128 Å². The van der Waals surface area contributed by atoms with Gasteiger partial charge in [0.05, 0.1) is 18.2 Å². The number of amides is 1. The smallest absolute Gasteiger partial charge is 0.227 e. The summed E-state index contributed by atoms with van der Waals surface area (Å²) in [5, 5.41) is 4.56. The topological polar surface area (TPSA) is 46.3 Å². The van der Waals surface area contributed by atoms with Crippen LogP contribution in [0.1, 0.15) is 35.9 Å². The van der Waals surface area contributed by atoms with E-state index in [1.807, 2.05) is 42.2 Å². The highest BCUT2D eigenvalue weighted by atomic mass is 35.5. The van der Waals surface area contributed by atoms with Crippen molar-refractivity contribution in [3.8, 4) is 0 Å². The minimum Gasteiger partial charge on any atom is -0.359 e. The zero-order valence-corrected chi connectivity index (χ0v) is 12.6. The molecule has 0 radical (unpaired) electrons. The van der Waals surface area contributed by atoms with E-state index >= 15 is 0 Å². The van der Waals surface area contributed by atoms with Crippen LogP contribution in [0.15, 0.2) is 34.9 Å². The largest absolute Gasteiger partial charge is 0.359 e. The molecule has 0 bridgehead atoms. The van der Waals surface area contributed by atoms with Gasteiger partial charge in [0.15, 0.2) is 5.76 Å². The molecule has 1 aromatic heterocycles. The standard InChI is InChI=1S/C16H17ClN2O2/c1-11-9-15(21-18-11)14-7-4-8-19(14)16(20)10-12-5-2-3-6-13(12)17/h2-3,5-6,9,14H,4,7-8,10H2,1H3. The molecule has 1 saturated heterocycles. The highest BCUT2D eigenvalue weighted by Crippen LogP contribution is 2.33. The van der Waals surface area contributed by atoms with Crippen molar-refractivity contribution in [3.05, 3.63) is 52.4 Å². The molecule has 1 aromatic carbocycles. The first-order chi connectivity index (χ1) is 10.1. The molecule has 1 unspecified atom stereocenters. The maximum atomic E-state index is 12.6. The number of aromatic nitrogens is 1. The molecule has 2 heterocycles. The van der Waals surface area contributed by atoms with Crippen LogP contribution in [0.25, 0.3) is 0 Å². The lowest BCUT2D eigenvalue weighted by Crippen LogP contribution is -2.31. The Bertz CT molecular complexity index is 653. The van der Waals surface area contributed by atoms with Gasteiger partial charge in [-0.25, -0.2) is 0 Å². The number of rotatable bonds is 3. The van der Waals surface area contributed by atoms with E-state index in [1.165, 1.54) is 0 Å². The normalized spacial score (nSPS) is 18.2. The van der Waals surface area contributed by atoms with Crippen molar-refractivity contribution in [2.24, 2.45) is 0 Å². The minimum absolute atomic E-state index is 0.00110. The molecule has 1 amide bonds. The van der Waals surface area contributed by atoms with Gasteiger partial charge in [0.1, 0.15) is 0 Å². The van der Waals surface area contributed by atoms with Gasteiger partial charge < -0.3 is 9.42 Å². The molecule has 1 aliphatic rings. The van der Waals surface area contributed by atoms with Crippen LogP contribution in [0, 0.1) is 6.92 Å². The number of carbonyl (C=O) groups is 1. The molecule has 21 heavy (non-hydrogen) atoms. The van der Waals surface area contributed by atoms with E-state index in [4.69, 9.17) is 16.1 Å². The molecule has 2 aromatic rings. The van der Waals surface area contributed by atoms with Crippen LogP contribution in [-0.4, -0.2) is 22.5 Å². The molecular formula is C16H17ClN2O2. The van der Waals surface area contributed by atoms with Crippen LogP contribution >= 0.6 is 11.6 Å². The Hall–Kier alpha value is -1.81. The van der Waals surface area contributed by atoms with Crippen LogP contribution in [0.2, 0.25) is 5.02 Å². The van der Waals surface area contributed by atoms with Crippen LogP contribution in [0.4, 0.5) is 0 Å². The predicted molar refractivity (Wildman–Crippen MR) is 80.1 cm³/mol. The van der Waals surface area contributed by atoms with Crippen molar-refractivity contribution in [1.29, 1.82) is 0 Å². The lowest BCUT2D eigenvalue weighted by Gasteiger charge is -2.23. The second-order valence-corrected chi connectivity index (χ2v) is 5.79. The summed E-state index contributed by atoms with van der Waals surface area (Å²) in [6, 6.07) is 9.38. The fourth-order valence-corrected chi connectivity index (χ4v) is 3.01. The first-order valence-electron chi connectivity index (χ1n) is 7.11. The summed E-state index contributed by atoms with van der Waals surface area (Å²) in [6.45, 7) is 2.64. The Balaban J connectivity index is 1.76. The minimum atomic E-state index is 0.00110. The van der Waals surface area contributed by atoms with Crippen LogP contribution in [-0.2, 0) is 11.2 Å². The predicted octanol–water partition coefficient (Wildman–Crippen LogP) is 3.54. The monoisotopic (exact) mass is 304 g/mol. The molecule has 0 saturated carbocycles. The molecule has 0 aliphatic carbocycles. The number of carbonyl (C=O) groups excluding carboxylic acids is 1.